The van der Waals surface area contributed by atoms with E-state index >= 15 is 0 Å². The van der Waals surface area contributed by atoms with Gasteiger partial charge in [-0.3, -0.25) is 19.1 Å². The third-order valence-electron chi connectivity index (χ3n) is 5.40. The van der Waals surface area contributed by atoms with Crippen LogP contribution in [0.3, 0.4) is 0 Å². The first kappa shape index (κ1) is 26.1. The molecule has 1 aromatic carbocycles. The Bertz CT molecular complexity index is 1220. The van der Waals surface area contributed by atoms with Gasteiger partial charge >= 0.3 is 0 Å². The molecule has 0 radical (unpaired) electrons. The van der Waals surface area contributed by atoms with Crippen LogP contribution in [0.2, 0.25) is 0 Å². The number of ether oxygens (including phenoxy) is 1. The Balaban J connectivity index is 1.55. The van der Waals surface area contributed by atoms with Crippen molar-refractivity contribution in [3.05, 3.63) is 70.3 Å². The van der Waals surface area contributed by atoms with Crippen molar-refractivity contribution in [3.8, 4) is 11.6 Å². The number of pyridine rings is 1. The normalized spacial score (nSPS) is 11.7. The minimum atomic E-state index is -0.535. The van der Waals surface area contributed by atoms with Crippen molar-refractivity contribution in [3.63, 3.8) is 0 Å². The van der Waals surface area contributed by atoms with Crippen LogP contribution in [0, 0.1) is 6.92 Å². The van der Waals surface area contributed by atoms with Gasteiger partial charge in [-0.05, 0) is 38.5 Å². The second-order valence-electron chi connectivity index (χ2n) is 7.97. The van der Waals surface area contributed by atoms with Gasteiger partial charge in [0, 0.05) is 25.4 Å². The van der Waals surface area contributed by atoms with E-state index in [1.807, 2.05) is 43.3 Å². The number of nitrogens with zero attached hydrogens (tertiary/aromatic N) is 3. The van der Waals surface area contributed by atoms with Gasteiger partial charge in [-0.2, -0.15) is 0 Å². The van der Waals surface area contributed by atoms with Gasteiger partial charge in [0.05, 0.1) is 29.0 Å². The highest BCUT2D eigenvalue weighted by Crippen LogP contribution is 2.18. The van der Waals surface area contributed by atoms with E-state index < -0.39 is 5.25 Å². The fourth-order valence-electron chi connectivity index (χ4n) is 3.35. The molecule has 1 unspecified atom stereocenters. The van der Waals surface area contributed by atoms with Crippen LogP contribution in [0.25, 0.3) is 5.69 Å². The van der Waals surface area contributed by atoms with Crippen LogP contribution in [0.4, 0.5) is 5.69 Å². The number of carbonyl (C=O) groups is 2. The fourth-order valence-corrected chi connectivity index (χ4v) is 4.06. The molecule has 0 fully saturated rings. The SMILES string of the molecule is CCCOc1ncccc1CNC(=O)CSC(C)C(=O)Nc1c(C)n(C)n(-c2ccccc2)c1=O. The van der Waals surface area contributed by atoms with Gasteiger partial charge in [-0.25, -0.2) is 9.67 Å². The summed E-state index contributed by atoms with van der Waals surface area (Å²) in [5.74, 6) is 0.0650. The Morgan fingerprint density at radius 3 is 2.63 bits per heavy atom. The van der Waals surface area contributed by atoms with Gasteiger partial charge in [0.15, 0.2) is 0 Å². The molecular formula is C25H31N5O4S. The van der Waals surface area contributed by atoms with Crippen molar-refractivity contribution < 1.29 is 14.3 Å². The summed E-state index contributed by atoms with van der Waals surface area (Å²) < 4.78 is 8.82. The summed E-state index contributed by atoms with van der Waals surface area (Å²) in [4.78, 5) is 42.3. The first-order chi connectivity index (χ1) is 16.8. The van der Waals surface area contributed by atoms with Crippen LogP contribution in [-0.4, -0.2) is 43.8 Å². The van der Waals surface area contributed by atoms with Crippen molar-refractivity contribution in [2.24, 2.45) is 7.05 Å². The van der Waals surface area contributed by atoms with Crippen molar-refractivity contribution in [2.45, 2.75) is 39.0 Å². The van der Waals surface area contributed by atoms with E-state index in [1.165, 1.54) is 16.4 Å². The molecule has 0 spiro atoms. The van der Waals surface area contributed by atoms with Crippen LogP contribution in [-0.2, 0) is 23.2 Å². The van der Waals surface area contributed by atoms with Crippen molar-refractivity contribution in [1.29, 1.82) is 0 Å². The molecule has 2 aromatic heterocycles. The maximum absolute atomic E-state index is 13.0. The molecule has 9 nitrogen and oxygen atoms in total. The molecule has 35 heavy (non-hydrogen) atoms. The Morgan fingerprint density at radius 2 is 1.91 bits per heavy atom. The van der Waals surface area contributed by atoms with E-state index in [-0.39, 0.29) is 35.4 Å². The minimum Gasteiger partial charge on any atom is -0.477 e. The summed E-state index contributed by atoms with van der Waals surface area (Å²) in [5.41, 5.74) is 2.06. The number of hydrogen-bond acceptors (Lipinski definition) is 6. The molecule has 0 aliphatic heterocycles. The predicted octanol–water partition coefficient (Wildman–Crippen LogP) is 3.04. The number of aromatic nitrogens is 3. The standard InChI is InChI=1S/C25H31N5O4S/c1-5-14-34-24-19(10-9-13-26-24)15-27-21(31)16-35-18(3)23(32)28-22-17(2)29(4)30(25(22)33)20-11-7-6-8-12-20/h6-13,18H,5,14-16H2,1-4H3,(H,27,31)(H,28,32). The number of rotatable bonds is 11. The maximum Gasteiger partial charge on any atom is 0.295 e. The molecule has 2 N–H and O–H groups in total. The fraction of sp³-hybridized carbons (Fsp3) is 0.360. The van der Waals surface area contributed by atoms with Crippen molar-refractivity contribution in [2.75, 3.05) is 17.7 Å². The third-order valence-corrected chi connectivity index (χ3v) is 6.55. The molecule has 2 heterocycles. The maximum atomic E-state index is 13.0. The van der Waals surface area contributed by atoms with E-state index in [2.05, 4.69) is 15.6 Å². The van der Waals surface area contributed by atoms with Gasteiger partial charge in [0.2, 0.25) is 17.7 Å². The van der Waals surface area contributed by atoms with Crippen molar-refractivity contribution >= 4 is 29.3 Å². The molecule has 3 aromatic rings. The summed E-state index contributed by atoms with van der Waals surface area (Å²) in [5, 5.41) is 5.05. The van der Waals surface area contributed by atoms with Gasteiger partial charge in [0.1, 0.15) is 5.69 Å². The number of amides is 2. The van der Waals surface area contributed by atoms with E-state index in [9.17, 15) is 14.4 Å². The Labute approximate surface area is 208 Å². The van der Waals surface area contributed by atoms with Gasteiger partial charge in [-0.1, -0.05) is 31.2 Å². The van der Waals surface area contributed by atoms with Crippen LogP contribution in [0.15, 0.2) is 53.5 Å². The van der Waals surface area contributed by atoms with Crippen LogP contribution >= 0.6 is 11.8 Å². The first-order valence-electron chi connectivity index (χ1n) is 11.4. The van der Waals surface area contributed by atoms with E-state index in [4.69, 9.17) is 4.74 Å². The van der Waals surface area contributed by atoms with Gasteiger partial charge in [0.25, 0.3) is 5.56 Å². The number of hydrogen-bond donors (Lipinski definition) is 2. The molecule has 1 atom stereocenters. The van der Waals surface area contributed by atoms with Crippen LogP contribution < -0.4 is 20.9 Å². The molecule has 0 aliphatic carbocycles. The number of para-hydroxylation sites is 1. The number of benzene rings is 1. The van der Waals surface area contributed by atoms with Crippen LogP contribution in [0.1, 0.15) is 31.5 Å². The van der Waals surface area contributed by atoms with Gasteiger partial charge in [-0.15, -0.1) is 11.8 Å². The molecular weight excluding hydrogens is 466 g/mol. The molecule has 0 bridgehead atoms. The zero-order chi connectivity index (χ0) is 25.4. The quantitative estimate of drug-likeness (QED) is 0.422. The first-order valence-corrected chi connectivity index (χ1v) is 12.5. The summed E-state index contributed by atoms with van der Waals surface area (Å²) >= 11 is 1.20. The lowest BCUT2D eigenvalue weighted by Crippen LogP contribution is -2.30. The van der Waals surface area contributed by atoms with E-state index in [1.54, 1.807) is 37.8 Å². The van der Waals surface area contributed by atoms with E-state index in [0.29, 0.717) is 23.9 Å². The molecule has 0 aliphatic rings. The van der Waals surface area contributed by atoms with Crippen molar-refractivity contribution in [1.82, 2.24) is 19.7 Å². The topological polar surface area (TPSA) is 107 Å². The zero-order valence-corrected chi connectivity index (χ0v) is 21.2. The molecule has 10 heteroatoms. The minimum absolute atomic E-state index is 0.0992. The predicted molar refractivity (Wildman–Crippen MR) is 138 cm³/mol. The second kappa shape index (κ2) is 12.3. The Morgan fingerprint density at radius 1 is 1.17 bits per heavy atom. The zero-order valence-electron chi connectivity index (χ0n) is 20.4. The summed E-state index contributed by atoms with van der Waals surface area (Å²) in [6.07, 6.45) is 2.51. The average Bonchev–Trinajstić information content (AvgIpc) is 3.08. The number of anilines is 1. The molecule has 2 amide bonds. The highest BCUT2D eigenvalue weighted by molar-refractivity contribution is 8.01. The highest BCUT2D eigenvalue weighted by Gasteiger charge is 2.22. The number of carbonyl (C=O) groups excluding carboxylic acids is 2. The number of thioether (sulfide) groups is 1. The highest BCUT2D eigenvalue weighted by atomic mass is 32.2. The summed E-state index contributed by atoms with van der Waals surface area (Å²) in [6, 6.07) is 12.9. The lowest BCUT2D eigenvalue weighted by molar-refractivity contribution is -0.118. The molecule has 0 saturated heterocycles. The van der Waals surface area contributed by atoms with Gasteiger partial charge < -0.3 is 15.4 Å². The largest absolute Gasteiger partial charge is 0.477 e. The molecule has 3 rings (SSSR count). The lowest BCUT2D eigenvalue weighted by Gasteiger charge is -2.12. The Hall–Kier alpha value is -3.53. The lowest BCUT2D eigenvalue weighted by atomic mass is 10.2. The monoisotopic (exact) mass is 497 g/mol. The van der Waals surface area contributed by atoms with E-state index in [0.717, 1.165) is 12.0 Å². The molecule has 0 saturated carbocycles. The Kier molecular flexibility index (Phi) is 9.13. The average molecular weight is 498 g/mol. The smallest absolute Gasteiger partial charge is 0.295 e. The third kappa shape index (κ3) is 6.54. The number of nitrogens with one attached hydrogen (secondary N) is 2. The second-order valence-corrected chi connectivity index (χ2v) is 9.30. The summed E-state index contributed by atoms with van der Waals surface area (Å²) in [6.45, 7) is 6.33. The summed E-state index contributed by atoms with van der Waals surface area (Å²) in [7, 11) is 1.77. The molecule has 186 valence electrons. The van der Waals surface area contributed by atoms with Crippen LogP contribution in [0.5, 0.6) is 5.88 Å².